The van der Waals surface area contributed by atoms with Crippen LogP contribution in [0.1, 0.15) is 13.8 Å². The Morgan fingerprint density at radius 1 is 1.73 bits per heavy atom. The number of aliphatic hydroxyl groups is 1. The van der Waals surface area contributed by atoms with E-state index in [9.17, 15) is 4.79 Å². The van der Waals surface area contributed by atoms with Gasteiger partial charge in [-0.15, -0.1) is 0 Å². The molecule has 0 heterocycles. The van der Waals surface area contributed by atoms with E-state index in [4.69, 9.17) is 5.11 Å². The zero-order valence-corrected chi connectivity index (χ0v) is 6.96. The van der Waals surface area contributed by atoms with E-state index in [1.54, 1.807) is 13.8 Å². The highest BCUT2D eigenvalue weighted by atomic mass is 16.5. The van der Waals surface area contributed by atoms with Gasteiger partial charge in [0.15, 0.2) is 0 Å². The largest absolute Gasteiger partial charge is 0.432 e. The van der Waals surface area contributed by atoms with Crippen molar-refractivity contribution in [2.24, 2.45) is 0 Å². The van der Waals surface area contributed by atoms with Crippen molar-refractivity contribution in [1.29, 1.82) is 0 Å². The molecule has 0 aliphatic carbocycles. The van der Waals surface area contributed by atoms with Gasteiger partial charge in [0, 0.05) is 12.2 Å². The predicted octanol–water partition coefficient (Wildman–Crippen LogP) is 1.25. The molecule has 64 valence electrons. The molecule has 0 aromatic heterocycles. The van der Waals surface area contributed by atoms with Crippen LogP contribution < -0.4 is 0 Å². The molecule has 0 aliphatic heterocycles. The quantitative estimate of drug-likeness (QED) is 0.373. The smallest absolute Gasteiger partial charge is 0.337 e. The second kappa shape index (κ2) is 8.91. The van der Waals surface area contributed by atoms with E-state index in [1.807, 2.05) is 0 Å². The third-order valence-electron chi connectivity index (χ3n) is 0.539. The Morgan fingerprint density at radius 3 is 2.18 bits per heavy atom. The predicted molar refractivity (Wildman–Crippen MR) is 43.9 cm³/mol. The van der Waals surface area contributed by atoms with Crippen LogP contribution in [0.25, 0.3) is 0 Å². The fraction of sp³-hybridized carbons (Fsp3) is 0.375. The van der Waals surface area contributed by atoms with Crippen LogP contribution in [0.3, 0.4) is 0 Å². The molecule has 0 unspecified atom stereocenters. The number of carbonyl (C=O) groups excluding carboxylic acids is 1. The van der Waals surface area contributed by atoms with E-state index >= 15 is 0 Å². The maximum Gasteiger partial charge on any atom is 0.337 e. The Labute approximate surface area is 67.0 Å². The average Bonchev–Trinajstić information content (AvgIpc) is 1.90. The summed E-state index contributed by atoms with van der Waals surface area (Å²) in [5.74, 6) is -0.431. The molecule has 0 aromatic carbocycles. The van der Waals surface area contributed by atoms with Gasteiger partial charge in [-0.25, -0.2) is 4.79 Å². The van der Waals surface area contributed by atoms with E-state index in [0.29, 0.717) is 5.57 Å². The highest BCUT2D eigenvalue weighted by molar-refractivity contribution is 5.87. The van der Waals surface area contributed by atoms with Crippen LogP contribution in [0.5, 0.6) is 0 Å². The van der Waals surface area contributed by atoms with Gasteiger partial charge in [0.05, 0.1) is 6.26 Å². The Morgan fingerprint density at radius 2 is 2.09 bits per heavy atom. The number of ether oxygens (including phenoxy) is 1. The minimum atomic E-state index is -0.431. The van der Waals surface area contributed by atoms with Gasteiger partial charge in [-0.2, -0.15) is 0 Å². The third-order valence-corrected chi connectivity index (χ3v) is 0.539. The molecule has 0 aromatic rings. The van der Waals surface area contributed by atoms with Crippen molar-refractivity contribution in [1.82, 2.24) is 0 Å². The highest BCUT2D eigenvalue weighted by Gasteiger charge is 1.97. The molecule has 0 aliphatic rings. The zero-order chi connectivity index (χ0) is 9.28. The summed E-state index contributed by atoms with van der Waals surface area (Å²) in [5.41, 5.74) is 0.380. The van der Waals surface area contributed by atoms with Gasteiger partial charge >= 0.3 is 5.97 Å². The number of carbonyl (C=O) groups is 1. The molecule has 0 spiro atoms. The standard InChI is InChI=1S/C6H8O2.C2H6O/c1-4-8-6(7)5(2)3;1-2-3/h4H,1-2H2,3H3;3H,2H2,1H3. The van der Waals surface area contributed by atoms with Gasteiger partial charge in [0.2, 0.25) is 0 Å². The van der Waals surface area contributed by atoms with Crippen molar-refractivity contribution < 1.29 is 14.6 Å². The number of esters is 1. The summed E-state index contributed by atoms with van der Waals surface area (Å²) in [6.07, 6.45) is 1.08. The molecule has 0 fully saturated rings. The topological polar surface area (TPSA) is 46.5 Å². The SMILES string of the molecule is C=COC(=O)C(=C)C.CCO. The molecule has 1 N–H and O–H groups in total. The molecule has 3 heteroatoms. The van der Waals surface area contributed by atoms with Crippen LogP contribution in [0.4, 0.5) is 0 Å². The van der Waals surface area contributed by atoms with Gasteiger partial charge in [-0.05, 0) is 13.8 Å². The summed E-state index contributed by atoms with van der Waals surface area (Å²) in [6.45, 7) is 10.1. The first-order valence-corrected chi connectivity index (χ1v) is 3.18. The van der Waals surface area contributed by atoms with Crippen molar-refractivity contribution in [3.8, 4) is 0 Å². The summed E-state index contributed by atoms with van der Waals surface area (Å²) in [5, 5.41) is 7.57. The first kappa shape index (κ1) is 12.6. The first-order chi connectivity index (χ1) is 5.09. The van der Waals surface area contributed by atoms with Crippen LogP contribution in [0.2, 0.25) is 0 Å². The van der Waals surface area contributed by atoms with Crippen LogP contribution >= 0.6 is 0 Å². The molecular formula is C8H14O3. The van der Waals surface area contributed by atoms with E-state index in [0.717, 1.165) is 6.26 Å². The lowest BCUT2D eigenvalue weighted by Gasteiger charge is -1.92. The van der Waals surface area contributed by atoms with Crippen molar-refractivity contribution in [3.05, 3.63) is 25.0 Å². The maximum atomic E-state index is 10.3. The van der Waals surface area contributed by atoms with Crippen molar-refractivity contribution in [2.75, 3.05) is 6.61 Å². The third kappa shape index (κ3) is 12.2. The van der Waals surface area contributed by atoms with Crippen LogP contribution in [-0.4, -0.2) is 17.7 Å². The zero-order valence-electron chi connectivity index (χ0n) is 6.96. The van der Waals surface area contributed by atoms with Crippen LogP contribution in [0, 0.1) is 0 Å². The monoisotopic (exact) mass is 158 g/mol. The van der Waals surface area contributed by atoms with Crippen molar-refractivity contribution in [3.63, 3.8) is 0 Å². The minimum absolute atomic E-state index is 0.250. The van der Waals surface area contributed by atoms with E-state index in [-0.39, 0.29) is 6.61 Å². The summed E-state index contributed by atoms with van der Waals surface area (Å²) in [4.78, 5) is 10.3. The second-order valence-electron chi connectivity index (χ2n) is 1.67. The van der Waals surface area contributed by atoms with Gasteiger partial charge in [0.25, 0.3) is 0 Å². The Hall–Kier alpha value is -1.09. The summed E-state index contributed by atoms with van der Waals surface area (Å²) < 4.78 is 4.33. The lowest BCUT2D eigenvalue weighted by atomic mass is 10.4. The van der Waals surface area contributed by atoms with Crippen molar-refractivity contribution >= 4 is 5.97 Å². The van der Waals surface area contributed by atoms with E-state index in [2.05, 4.69) is 17.9 Å². The van der Waals surface area contributed by atoms with Gasteiger partial charge < -0.3 is 9.84 Å². The van der Waals surface area contributed by atoms with Gasteiger partial charge in [-0.3, -0.25) is 0 Å². The Balaban J connectivity index is 0. The molecule has 0 rings (SSSR count). The summed E-state index contributed by atoms with van der Waals surface area (Å²) >= 11 is 0. The van der Waals surface area contributed by atoms with Crippen LogP contribution in [0.15, 0.2) is 25.0 Å². The fourth-order valence-corrected chi connectivity index (χ4v) is 0.176. The molecule has 0 radical (unpaired) electrons. The number of aliphatic hydroxyl groups excluding tert-OH is 1. The highest BCUT2D eigenvalue weighted by Crippen LogP contribution is 1.90. The molecule has 0 bridgehead atoms. The lowest BCUT2D eigenvalue weighted by molar-refractivity contribution is -0.133. The summed E-state index contributed by atoms with van der Waals surface area (Å²) in [7, 11) is 0. The fourth-order valence-electron chi connectivity index (χ4n) is 0.176. The minimum Gasteiger partial charge on any atom is -0.432 e. The van der Waals surface area contributed by atoms with E-state index in [1.165, 1.54) is 0 Å². The number of rotatable bonds is 2. The normalized spacial score (nSPS) is 7.18. The number of hydrogen-bond acceptors (Lipinski definition) is 3. The molecule has 0 saturated carbocycles. The van der Waals surface area contributed by atoms with Gasteiger partial charge in [0.1, 0.15) is 0 Å². The molecule has 3 nitrogen and oxygen atoms in total. The van der Waals surface area contributed by atoms with Crippen molar-refractivity contribution in [2.45, 2.75) is 13.8 Å². The average molecular weight is 158 g/mol. The lowest BCUT2D eigenvalue weighted by Crippen LogP contribution is -1.98. The Bertz CT molecular complexity index is 138. The first-order valence-electron chi connectivity index (χ1n) is 3.18. The van der Waals surface area contributed by atoms with E-state index < -0.39 is 5.97 Å². The van der Waals surface area contributed by atoms with Crippen LogP contribution in [-0.2, 0) is 9.53 Å². The molecule has 0 amide bonds. The Kier molecular flexibility index (Phi) is 10.2. The molecule has 0 saturated heterocycles. The molecule has 11 heavy (non-hydrogen) atoms. The molecular weight excluding hydrogens is 144 g/mol. The number of hydrogen-bond donors (Lipinski definition) is 1. The maximum absolute atomic E-state index is 10.3. The second-order valence-corrected chi connectivity index (χ2v) is 1.67. The summed E-state index contributed by atoms with van der Waals surface area (Å²) in [6, 6.07) is 0. The van der Waals surface area contributed by atoms with Gasteiger partial charge in [-0.1, -0.05) is 13.2 Å². The molecule has 0 atom stereocenters.